The van der Waals surface area contributed by atoms with Crippen LogP contribution in [0.1, 0.15) is 17.0 Å². The van der Waals surface area contributed by atoms with Crippen molar-refractivity contribution in [3.8, 4) is 34.3 Å². The summed E-state index contributed by atoms with van der Waals surface area (Å²) >= 11 is 0. The van der Waals surface area contributed by atoms with Crippen LogP contribution < -0.4 is 9.47 Å². The first-order valence-electron chi connectivity index (χ1n) is 9.76. The summed E-state index contributed by atoms with van der Waals surface area (Å²) < 4.78 is 62.3. The van der Waals surface area contributed by atoms with Crippen LogP contribution in [0.15, 0.2) is 54.9 Å². The molecule has 0 radical (unpaired) electrons. The molecule has 0 unspecified atom stereocenters. The number of ether oxygens (including phenoxy) is 2. The number of halogens is 4. The van der Waals surface area contributed by atoms with Crippen molar-refractivity contribution in [3.63, 3.8) is 0 Å². The van der Waals surface area contributed by atoms with Crippen LogP contribution in [0.3, 0.4) is 0 Å². The molecule has 10 heteroatoms. The average Bonchev–Trinajstić information content (AvgIpc) is 3.19. The van der Waals surface area contributed by atoms with Gasteiger partial charge in [0.05, 0.1) is 19.0 Å². The number of alkyl halides is 3. The van der Waals surface area contributed by atoms with E-state index in [9.17, 15) is 17.6 Å². The van der Waals surface area contributed by atoms with Crippen molar-refractivity contribution in [2.45, 2.75) is 19.7 Å². The van der Waals surface area contributed by atoms with E-state index in [0.717, 1.165) is 24.2 Å². The van der Waals surface area contributed by atoms with Crippen LogP contribution in [0.4, 0.5) is 17.6 Å². The molecule has 33 heavy (non-hydrogen) atoms. The normalized spacial score (nSPS) is 11.5. The van der Waals surface area contributed by atoms with Crippen molar-refractivity contribution < 1.29 is 27.0 Å². The van der Waals surface area contributed by atoms with E-state index in [4.69, 9.17) is 9.47 Å². The zero-order chi connectivity index (χ0) is 23.6. The smallest absolute Gasteiger partial charge is 0.433 e. The SMILES string of the molecule is COc1cc(OCc2ccc(C(F)(F)F)nc2)ccc1-c1nc(-c2ccc(F)cn2)[nH]c1C. The van der Waals surface area contributed by atoms with Crippen LogP contribution in [0.5, 0.6) is 11.5 Å². The Kier molecular flexibility index (Phi) is 5.99. The number of nitrogens with one attached hydrogen (secondary N) is 1. The van der Waals surface area contributed by atoms with Crippen LogP contribution in [0.25, 0.3) is 22.8 Å². The van der Waals surface area contributed by atoms with Gasteiger partial charge in [0.1, 0.15) is 35.3 Å². The summed E-state index contributed by atoms with van der Waals surface area (Å²) in [4.78, 5) is 15.2. The quantitative estimate of drug-likeness (QED) is 0.382. The lowest BCUT2D eigenvalue weighted by atomic mass is 10.1. The van der Waals surface area contributed by atoms with E-state index in [1.54, 1.807) is 18.2 Å². The van der Waals surface area contributed by atoms with E-state index in [1.807, 2.05) is 6.92 Å². The molecule has 3 heterocycles. The standard InChI is InChI=1S/C23H18F4N4O2/c1-13-21(31-22(30-13)18-7-4-15(24)11-28-18)17-6-5-16(9-19(17)32-2)33-12-14-3-8-20(29-10-14)23(25,26)27/h3-11H,12H2,1-2H3,(H,30,31). The molecular weight excluding hydrogens is 440 g/mol. The Hall–Kier alpha value is -3.95. The van der Waals surface area contributed by atoms with Gasteiger partial charge in [-0.2, -0.15) is 13.2 Å². The van der Waals surface area contributed by atoms with Gasteiger partial charge >= 0.3 is 6.18 Å². The maximum absolute atomic E-state index is 13.2. The van der Waals surface area contributed by atoms with Crippen molar-refractivity contribution in [1.82, 2.24) is 19.9 Å². The summed E-state index contributed by atoms with van der Waals surface area (Å²) in [6, 6.07) is 10.2. The van der Waals surface area contributed by atoms with Gasteiger partial charge in [0.25, 0.3) is 0 Å². The second-order valence-corrected chi connectivity index (χ2v) is 7.12. The highest BCUT2D eigenvalue weighted by atomic mass is 19.4. The fourth-order valence-electron chi connectivity index (χ4n) is 3.16. The lowest BCUT2D eigenvalue weighted by molar-refractivity contribution is -0.141. The van der Waals surface area contributed by atoms with E-state index in [1.165, 1.54) is 25.3 Å². The Labute approximate surface area is 186 Å². The number of rotatable bonds is 6. The molecular formula is C23H18F4N4O2. The highest BCUT2D eigenvalue weighted by molar-refractivity contribution is 5.72. The third-order valence-corrected chi connectivity index (χ3v) is 4.80. The van der Waals surface area contributed by atoms with Crippen molar-refractivity contribution >= 4 is 0 Å². The third kappa shape index (κ3) is 4.94. The van der Waals surface area contributed by atoms with E-state index < -0.39 is 17.7 Å². The van der Waals surface area contributed by atoms with Gasteiger partial charge in [-0.25, -0.2) is 14.4 Å². The van der Waals surface area contributed by atoms with E-state index in [2.05, 4.69) is 19.9 Å². The van der Waals surface area contributed by atoms with E-state index in [-0.39, 0.29) is 6.61 Å². The predicted molar refractivity (Wildman–Crippen MR) is 112 cm³/mol. The number of aromatic nitrogens is 4. The summed E-state index contributed by atoms with van der Waals surface area (Å²) in [5.74, 6) is 1.00. The van der Waals surface area contributed by atoms with Gasteiger partial charge in [-0.05, 0) is 37.3 Å². The number of hydrogen-bond acceptors (Lipinski definition) is 5. The molecule has 0 saturated carbocycles. The molecule has 4 rings (SSSR count). The zero-order valence-electron chi connectivity index (χ0n) is 17.6. The number of imidazole rings is 1. The first-order valence-corrected chi connectivity index (χ1v) is 9.76. The molecule has 0 aliphatic carbocycles. The summed E-state index contributed by atoms with van der Waals surface area (Å²) in [6.07, 6.45) is -2.24. The minimum atomic E-state index is -4.49. The first-order chi connectivity index (χ1) is 15.7. The van der Waals surface area contributed by atoms with Gasteiger partial charge < -0.3 is 14.5 Å². The molecule has 0 amide bonds. The van der Waals surface area contributed by atoms with Gasteiger partial charge in [-0.1, -0.05) is 6.07 Å². The Morgan fingerprint density at radius 2 is 1.82 bits per heavy atom. The maximum Gasteiger partial charge on any atom is 0.433 e. The van der Waals surface area contributed by atoms with Gasteiger partial charge in [-0.3, -0.25) is 4.98 Å². The highest BCUT2D eigenvalue weighted by Crippen LogP contribution is 2.35. The molecule has 4 aromatic rings. The number of H-pyrrole nitrogens is 1. The molecule has 0 aliphatic rings. The topological polar surface area (TPSA) is 72.9 Å². The molecule has 0 bridgehead atoms. The van der Waals surface area contributed by atoms with Crippen molar-refractivity contribution in [3.05, 3.63) is 77.6 Å². The summed E-state index contributed by atoms with van der Waals surface area (Å²) in [6.45, 7) is 1.88. The molecule has 0 atom stereocenters. The molecule has 1 N–H and O–H groups in total. The molecule has 3 aromatic heterocycles. The Morgan fingerprint density at radius 3 is 2.45 bits per heavy atom. The second kappa shape index (κ2) is 8.89. The molecule has 0 spiro atoms. The number of benzene rings is 1. The lowest BCUT2D eigenvalue weighted by Crippen LogP contribution is -2.08. The van der Waals surface area contributed by atoms with Gasteiger partial charge in [0.2, 0.25) is 0 Å². The Bertz CT molecular complexity index is 1250. The lowest BCUT2D eigenvalue weighted by Gasteiger charge is -2.12. The summed E-state index contributed by atoms with van der Waals surface area (Å²) in [7, 11) is 1.51. The van der Waals surface area contributed by atoms with Gasteiger partial charge in [-0.15, -0.1) is 0 Å². The van der Waals surface area contributed by atoms with Crippen molar-refractivity contribution in [2.24, 2.45) is 0 Å². The summed E-state index contributed by atoms with van der Waals surface area (Å²) in [5.41, 5.74) is 2.12. The number of hydrogen-bond donors (Lipinski definition) is 1. The maximum atomic E-state index is 13.2. The van der Waals surface area contributed by atoms with Crippen LogP contribution in [0, 0.1) is 12.7 Å². The average molecular weight is 458 g/mol. The first kappa shape index (κ1) is 22.3. The number of nitrogens with zero attached hydrogens (tertiary/aromatic N) is 3. The van der Waals surface area contributed by atoms with E-state index in [0.29, 0.717) is 39.8 Å². The number of methoxy groups -OCH3 is 1. The highest BCUT2D eigenvalue weighted by Gasteiger charge is 2.32. The third-order valence-electron chi connectivity index (χ3n) is 4.80. The predicted octanol–water partition coefficient (Wildman–Crippen LogP) is 5.59. The fraction of sp³-hybridized carbons (Fsp3) is 0.174. The molecule has 0 saturated heterocycles. The van der Waals surface area contributed by atoms with E-state index >= 15 is 0 Å². The van der Waals surface area contributed by atoms with Crippen LogP contribution in [-0.2, 0) is 12.8 Å². The molecule has 0 aliphatic heterocycles. The van der Waals surface area contributed by atoms with Crippen molar-refractivity contribution in [2.75, 3.05) is 7.11 Å². The number of aryl methyl sites for hydroxylation is 1. The Balaban J connectivity index is 1.53. The van der Waals surface area contributed by atoms with Crippen LogP contribution in [-0.4, -0.2) is 27.0 Å². The molecule has 6 nitrogen and oxygen atoms in total. The van der Waals surface area contributed by atoms with Crippen LogP contribution >= 0.6 is 0 Å². The number of aromatic amines is 1. The number of pyridine rings is 2. The largest absolute Gasteiger partial charge is 0.496 e. The summed E-state index contributed by atoms with van der Waals surface area (Å²) in [5, 5.41) is 0. The second-order valence-electron chi connectivity index (χ2n) is 7.12. The molecule has 0 fully saturated rings. The van der Waals surface area contributed by atoms with Gasteiger partial charge in [0.15, 0.2) is 5.82 Å². The minimum Gasteiger partial charge on any atom is -0.496 e. The van der Waals surface area contributed by atoms with Gasteiger partial charge in [0, 0.05) is 29.1 Å². The zero-order valence-corrected chi connectivity index (χ0v) is 17.6. The molecule has 170 valence electrons. The minimum absolute atomic E-state index is 0.0372. The Morgan fingerprint density at radius 1 is 1.00 bits per heavy atom. The fourth-order valence-corrected chi connectivity index (χ4v) is 3.16. The van der Waals surface area contributed by atoms with Crippen LogP contribution in [0.2, 0.25) is 0 Å². The van der Waals surface area contributed by atoms with Crippen molar-refractivity contribution in [1.29, 1.82) is 0 Å². The molecule has 1 aromatic carbocycles. The monoisotopic (exact) mass is 458 g/mol.